The van der Waals surface area contributed by atoms with Gasteiger partial charge in [0, 0.05) is 16.3 Å². The van der Waals surface area contributed by atoms with Gasteiger partial charge in [-0.3, -0.25) is 9.36 Å². The van der Waals surface area contributed by atoms with E-state index in [2.05, 4.69) is 10.2 Å². The van der Waals surface area contributed by atoms with E-state index in [1.54, 1.807) is 12.1 Å². The van der Waals surface area contributed by atoms with Crippen LogP contribution in [0.25, 0.3) is 17.1 Å². The van der Waals surface area contributed by atoms with E-state index in [4.69, 9.17) is 16.3 Å². The highest BCUT2D eigenvalue weighted by Gasteiger charge is 2.28. The molecule has 0 bridgehead atoms. The fourth-order valence-corrected chi connectivity index (χ4v) is 3.85. The van der Waals surface area contributed by atoms with Crippen molar-refractivity contribution in [3.05, 3.63) is 59.1 Å². The molecule has 0 spiro atoms. The van der Waals surface area contributed by atoms with Gasteiger partial charge in [0.05, 0.1) is 12.3 Å². The van der Waals surface area contributed by atoms with Gasteiger partial charge in [0.25, 0.3) is 0 Å². The Morgan fingerprint density at radius 3 is 2.52 bits per heavy atom. The van der Waals surface area contributed by atoms with Crippen molar-refractivity contribution in [2.45, 2.75) is 12.1 Å². The molecular weight excluding hydrogens is 412 g/mol. The van der Waals surface area contributed by atoms with Gasteiger partial charge in [-0.1, -0.05) is 41.1 Å². The zero-order chi connectivity index (χ0) is 20.4. The maximum atomic E-state index is 12.4. The first kappa shape index (κ1) is 19.5. The first-order valence-corrected chi connectivity index (χ1v) is 10.3. The number of carbonyl (C=O) groups excluding carboxylic acids is 2. The summed E-state index contributed by atoms with van der Waals surface area (Å²) in [6.07, 6.45) is -0.600. The summed E-state index contributed by atoms with van der Waals surface area (Å²) in [7, 11) is 0. The minimum Gasteiger partial charge on any atom is -0.447 e. The Morgan fingerprint density at radius 2 is 1.86 bits per heavy atom. The van der Waals surface area contributed by atoms with Crippen molar-refractivity contribution in [2.24, 2.45) is 0 Å². The molecule has 2 heterocycles. The number of benzene rings is 2. The molecule has 0 N–H and O–H groups in total. The maximum absolute atomic E-state index is 12.4. The van der Waals surface area contributed by atoms with Crippen molar-refractivity contribution in [1.29, 1.82) is 0 Å². The molecule has 1 aliphatic heterocycles. The second-order valence-electron chi connectivity index (χ2n) is 6.43. The van der Waals surface area contributed by atoms with Gasteiger partial charge in [-0.05, 0) is 43.3 Å². The van der Waals surface area contributed by atoms with Gasteiger partial charge >= 0.3 is 6.09 Å². The molecule has 0 radical (unpaired) electrons. The average Bonchev–Trinajstić information content (AvgIpc) is 3.34. The third-order valence-corrected chi connectivity index (χ3v) is 5.58. The number of nitrogens with zero attached hydrogens (tertiary/aromatic N) is 4. The predicted octanol–water partition coefficient (Wildman–Crippen LogP) is 3.97. The van der Waals surface area contributed by atoms with Gasteiger partial charge in [0.15, 0.2) is 11.0 Å². The zero-order valence-electron chi connectivity index (χ0n) is 15.5. The van der Waals surface area contributed by atoms with Gasteiger partial charge in [-0.25, -0.2) is 9.69 Å². The molecule has 2 aromatic carbocycles. The van der Waals surface area contributed by atoms with E-state index in [0.717, 1.165) is 21.7 Å². The van der Waals surface area contributed by atoms with Gasteiger partial charge in [-0.2, -0.15) is 0 Å². The summed E-state index contributed by atoms with van der Waals surface area (Å²) in [4.78, 5) is 25.1. The highest BCUT2D eigenvalue weighted by molar-refractivity contribution is 7.99. The second-order valence-corrected chi connectivity index (χ2v) is 7.81. The topological polar surface area (TPSA) is 77.3 Å². The van der Waals surface area contributed by atoms with E-state index in [9.17, 15) is 9.59 Å². The minimum absolute atomic E-state index is 0.0553. The summed E-state index contributed by atoms with van der Waals surface area (Å²) in [5.41, 5.74) is 2.86. The molecule has 0 unspecified atom stereocenters. The van der Waals surface area contributed by atoms with Crippen LogP contribution in [0.3, 0.4) is 0 Å². The molecule has 0 atom stereocenters. The number of aromatic nitrogens is 3. The first-order valence-electron chi connectivity index (χ1n) is 8.91. The minimum atomic E-state index is -0.600. The van der Waals surface area contributed by atoms with Crippen LogP contribution in [-0.2, 0) is 9.53 Å². The molecule has 1 aliphatic rings. The number of ether oxygens (including phenoxy) is 1. The zero-order valence-corrected chi connectivity index (χ0v) is 17.1. The average molecular weight is 429 g/mol. The van der Waals surface area contributed by atoms with Gasteiger partial charge in [-0.15, -0.1) is 10.2 Å². The quantitative estimate of drug-likeness (QED) is 0.572. The molecule has 0 aliphatic carbocycles. The molecule has 29 heavy (non-hydrogen) atoms. The van der Waals surface area contributed by atoms with Crippen LogP contribution < -0.4 is 0 Å². The summed E-state index contributed by atoms with van der Waals surface area (Å²) in [5, 5.41) is 9.81. The fourth-order valence-electron chi connectivity index (χ4n) is 2.90. The number of halogens is 1. The number of rotatable bonds is 5. The molecule has 4 rings (SSSR count). The molecule has 1 aromatic heterocycles. The number of amides is 2. The van der Waals surface area contributed by atoms with E-state index < -0.39 is 6.09 Å². The third kappa shape index (κ3) is 4.13. The lowest BCUT2D eigenvalue weighted by atomic mass is 10.2. The van der Waals surface area contributed by atoms with E-state index in [0.29, 0.717) is 16.0 Å². The van der Waals surface area contributed by atoms with Gasteiger partial charge in [0.1, 0.15) is 6.61 Å². The smallest absolute Gasteiger partial charge is 0.416 e. The first-order chi connectivity index (χ1) is 14.0. The van der Waals surface area contributed by atoms with Crippen LogP contribution in [-0.4, -0.2) is 50.6 Å². The fraction of sp³-hybridized carbons (Fsp3) is 0.200. The van der Waals surface area contributed by atoms with Crippen LogP contribution in [0.1, 0.15) is 5.56 Å². The Kier molecular flexibility index (Phi) is 5.55. The maximum Gasteiger partial charge on any atom is 0.416 e. The Hall–Kier alpha value is -2.84. The molecule has 9 heteroatoms. The van der Waals surface area contributed by atoms with Crippen molar-refractivity contribution in [2.75, 3.05) is 18.9 Å². The summed E-state index contributed by atoms with van der Waals surface area (Å²) in [6, 6.07) is 15.3. The lowest BCUT2D eigenvalue weighted by Gasteiger charge is -2.12. The van der Waals surface area contributed by atoms with Crippen molar-refractivity contribution < 1.29 is 14.3 Å². The van der Waals surface area contributed by atoms with E-state index >= 15 is 0 Å². The molecular formula is C20H17ClN4O3S. The third-order valence-electron chi connectivity index (χ3n) is 4.41. The lowest BCUT2D eigenvalue weighted by molar-refractivity contribution is -0.125. The standard InChI is InChI=1S/C20H17ClN4O3S/c1-13-2-8-16(9-3-13)25-18(14-4-6-15(21)7-5-14)22-23-19(25)29-12-17(26)24-10-11-28-20(24)27/h2-9H,10-12H2,1H3. The van der Waals surface area contributed by atoms with E-state index in [-0.39, 0.29) is 24.8 Å². The van der Waals surface area contributed by atoms with Crippen molar-refractivity contribution in [3.63, 3.8) is 0 Å². The van der Waals surface area contributed by atoms with E-state index in [1.807, 2.05) is 47.9 Å². The Morgan fingerprint density at radius 1 is 1.14 bits per heavy atom. The summed E-state index contributed by atoms with van der Waals surface area (Å²) in [6.45, 7) is 2.52. The van der Waals surface area contributed by atoms with Crippen LogP contribution in [0.4, 0.5) is 4.79 Å². The summed E-state index contributed by atoms with van der Waals surface area (Å²) >= 11 is 7.24. The summed E-state index contributed by atoms with van der Waals surface area (Å²) in [5.74, 6) is 0.379. The van der Waals surface area contributed by atoms with Crippen LogP contribution in [0.5, 0.6) is 0 Å². The Balaban J connectivity index is 1.66. The molecule has 1 fully saturated rings. The molecule has 0 saturated carbocycles. The number of carbonyl (C=O) groups is 2. The Bertz CT molecular complexity index is 1050. The van der Waals surface area contributed by atoms with Crippen LogP contribution in [0, 0.1) is 6.92 Å². The largest absolute Gasteiger partial charge is 0.447 e. The number of hydrogen-bond acceptors (Lipinski definition) is 6. The molecule has 3 aromatic rings. The molecule has 7 nitrogen and oxygen atoms in total. The monoisotopic (exact) mass is 428 g/mol. The number of imide groups is 1. The van der Waals surface area contributed by atoms with Crippen LogP contribution in [0.2, 0.25) is 5.02 Å². The number of cyclic esters (lactones) is 1. The predicted molar refractivity (Wildman–Crippen MR) is 110 cm³/mol. The highest BCUT2D eigenvalue weighted by atomic mass is 35.5. The number of hydrogen-bond donors (Lipinski definition) is 0. The van der Waals surface area contributed by atoms with Crippen LogP contribution in [0.15, 0.2) is 53.7 Å². The summed E-state index contributed by atoms with van der Waals surface area (Å²) < 4.78 is 6.72. The van der Waals surface area contributed by atoms with Crippen LogP contribution >= 0.6 is 23.4 Å². The van der Waals surface area contributed by atoms with E-state index in [1.165, 1.54) is 11.8 Å². The number of aryl methyl sites for hydroxylation is 1. The Labute approximate surface area is 176 Å². The molecule has 2 amide bonds. The van der Waals surface area contributed by atoms with Gasteiger partial charge in [0.2, 0.25) is 5.91 Å². The second kappa shape index (κ2) is 8.26. The number of thioether (sulfide) groups is 1. The van der Waals surface area contributed by atoms with Crippen molar-refractivity contribution in [3.8, 4) is 17.1 Å². The lowest BCUT2D eigenvalue weighted by Crippen LogP contribution is -2.33. The highest BCUT2D eigenvalue weighted by Crippen LogP contribution is 2.29. The van der Waals surface area contributed by atoms with Crippen molar-refractivity contribution >= 4 is 35.4 Å². The van der Waals surface area contributed by atoms with Crippen molar-refractivity contribution in [1.82, 2.24) is 19.7 Å². The SMILES string of the molecule is Cc1ccc(-n2c(SCC(=O)N3CCOC3=O)nnc2-c2ccc(Cl)cc2)cc1. The molecule has 1 saturated heterocycles. The molecule has 148 valence electrons. The van der Waals surface area contributed by atoms with Gasteiger partial charge < -0.3 is 4.74 Å². The normalized spacial score (nSPS) is 13.6.